The molecule has 0 rings (SSSR count). The van der Waals surface area contributed by atoms with Crippen molar-refractivity contribution in [2.24, 2.45) is 5.41 Å². The van der Waals surface area contributed by atoms with E-state index in [1.165, 1.54) is 25.7 Å². The van der Waals surface area contributed by atoms with Gasteiger partial charge >= 0.3 is 0 Å². The molecular formula is C14H30O4. The zero-order chi connectivity index (χ0) is 13.9. The first-order valence-corrected chi connectivity index (χ1v) is 7.18. The second-order valence-corrected chi connectivity index (χ2v) is 5.02. The van der Waals surface area contributed by atoms with E-state index in [2.05, 4.69) is 6.92 Å². The first-order chi connectivity index (χ1) is 8.66. The molecule has 18 heavy (non-hydrogen) atoms. The molecule has 4 heteroatoms. The Labute approximate surface area is 111 Å². The van der Waals surface area contributed by atoms with Crippen molar-refractivity contribution in [1.82, 2.24) is 0 Å². The molecule has 0 saturated carbocycles. The Kier molecular flexibility index (Phi) is 10.6. The summed E-state index contributed by atoms with van der Waals surface area (Å²) in [4.78, 5) is 0. The van der Waals surface area contributed by atoms with Crippen LogP contribution >= 0.6 is 0 Å². The van der Waals surface area contributed by atoms with Crippen molar-refractivity contribution < 1.29 is 20.1 Å². The summed E-state index contributed by atoms with van der Waals surface area (Å²) in [6.07, 6.45) is 6.38. The third kappa shape index (κ3) is 6.14. The van der Waals surface area contributed by atoms with Crippen LogP contribution < -0.4 is 0 Å². The van der Waals surface area contributed by atoms with Gasteiger partial charge < -0.3 is 20.1 Å². The van der Waals surface area contributed by atoms with Crippen molar-refractivity contribution in [2.45, 2.75) is 65.1 Å². The van der Waals surface area contributed by atoms with E-state index in [1.54, 1.807) is 0 Å². The van der Waals surface area contributed by atoms with Gasteiger partial charge in [-0.2, -0.15) is 0 Å². The zero-order valence-electron chi connectivity index (χ0n) is 11.9. The first-order valence-electron chi connectivity index (χ1n) is 7.18. The average Bonchev–Trinajstić information content (AvgIpc) is 2.40. The molecule has 0 aliphatic heterocycles. The van der Waals surface area contributed by atoms with E-state index in [-0.39, 0.29) is 13.2 Å². The number of ether oxygens (including phenoxy) is 1. The Morgan fingerprint density at radius 2 is 1.50 bits per heavy atom. The van der Waals surface area contributed by atoms with E-state index in [0.29, 0.717) is 13.0 Å². The Bertz CT molecular complexity index is 172. The van der Waals surface area contributed by atoms with Crippen molar-refractivity contribution in [3.05, 3.63) is 0 Å². The third-order valence-corrected chi connectivity index (χ3v) is 3.63. The Morgan fingerprint density at radius 1 is 0.944 bits per heavy atom. The lowest BCUT2D eigenvalue weighted by Crippen LogP contribution is -2.43. The molecule has 0 bridgehead atoms. The quantitative estimate of drug-likeness (QED) is 0.372. The molecule has 4 nitrogen and oxygen atoms in total. The van der Waals surface area contributed by atoms with Crippen LogP contribution in [0.2, 0.25) is 0 Å². The number of aliphatic hydroxyl groups excluding tert-OH is 3. The van der Waals surface area contributed by atoms with Crippen LogP contribution in [0.15, 0.2) is 0 Å². The van der Waals surface area contributed by atoms with Gasteiger partial charge in [0, 0.05) is 6.61 Å². The summed E-state index contributed by atoms with van der Waals surface area (Å²) in [6, 6.07) is 0. The van der Waals surface area contributed by atoms with E-state index in [0.717, 1.165) is 12.8 Å². The van der Waals surface area contributed by atoms with Crippen LogP contribution in [0.3, 0.4) is 0 Å². The molecule has 0 aromatic rings. The SMILES string of the molecule is CCCCCCCCOC(O)C(CC)(CO)CO. The fraction of sp³-hybridized carbons (Fsp3) is 1.00. The molecule has 3 N–H and O–H groups in total. The lowest BCUT2D eigenvalue weighted by Gasteiger charge is -2.33. The van der Waals surface area contributed by atoms with Gasteiger partial charge in [-0.25, -0.2) is 0 Å². The lowest BCUT2D eigenvalue weighted by atomic mass is 9.86. The van der Waals surface area contributed by atoms with Crippen molar-refractivity contribution in [3.63, 3.8) is 0 Å². The highest BCUT2D eigenvalue weighted by molar-refractivity contribution is 4.79. The standard InChI is InChI=1S/C14H30O4/c1-3-5-6-7-8-9-10-18-13(17)14(4-2,11-15)12-16/h13,15-17H,3-12H2,1-2H3. The highest BCUT2D eigenvalue weighted by Gasteiger charge is 2.36. The molecule has 1 unspecified atom stereocenters. The van der Waals surface area contributed by atoms with Crippen molar-refractivity contribution >= 4 is 0 Å². The van der Waals surface area contributed by atoms with Gasteiger partial charge in [0.1, 0.15) is 0 Å². The van der Waals surface area contributed by atoms with Crippen LogP contribution in [0.25, 0.3) is 0 Å². The number of unbranched alkanes of at least 4 members (excludes halogenated alkanes) is 5. The molecule has 0 heterocycles. The molecule has 0 aliphatic rings. The van der Waals surface area contributed by atoms with Gasteiger partial charge in [-0.15, -0.1) is 0 Å². The van der Waals surface area contributed by atoms with E-state index in [1.807, 2.05) is 6.92 Å². The van der Waals surface area contributed by atoms with Crippen LogP contribution in [0.1, 0.15) is 58.8 Å². The Balaban J connectivity index is 3.71. The summed E-state index contributed by atoms with van der Waals surface area (Å²) in [5.74, 6) is 0. The molecule has 0 spiro atoms. The summed E-state index contributed by atoms with van der Waals surface area (Å²) >= 11 is 0. The van der Waals surface area contributed by atoms with E-state index in [4.69, 9.17) is 4.74 Å². The van der Waals surface area contributed by atoms with Crippen molar-refractivity contribution in [2.75, 3.05) is 19.8 Å². The van der Waals surface area contributed by atoms with E-state index in [9.17, 15) is 15.3 Å². The third-order valence-electron chi connectivity index (χ3n) is 3.63. The maximum Gasteiger partial charge on any atom is 0.164 e. The number of rotatable bonds is 12. The lowest BCUT2D eigenvalue weighted by molar-refractivity contribution is -0.201. The van der Waals surface area contributed by atoms with Crippen molar-refractivity contribution in [1.29, 1.82) is 0 Å². The van der Waals surface area contributed by atoms with Crippen LogP contribution in [-0.4, -0.2) is 41.4 Å². The van der Waals surface area contributed by atoms with Crippen LogP contribution in [0.4, 0.5) is 0 Å². The molecule has 1 atom stereocenters. The number of hydrogen-bond acceptors (Lipinski definition) is 4. The summed E-state index contributed by atoms with van der Waals surface area (Å²) < 4.78 is 5.32. The fourth-order valence-corrected chi connectivity index (χ4v) is 1.86. The monoisotopic (exact) mass is 262 g/mol. The minimum Gasteiger partial charge on any atom is -0.396 e. The molecule has 0 saturated heterocycles. The van der Waals surface area contributed by atoms with Gasteiger partial charge in [-0.05, 0) is 12.8 Å². The summed E-state index contributed by atoms with van der Waals surface area (Å²) in [5.41, 5.74) is -0.928. The van der Waals surface area contributed by atoms with Crippen LogP contribution in [0.5, 0.6) is 0 Å². The molecule has 110 valence electrons. The Morgan fingerprint density at radius 3 is 2.00 bits per heavy atom. The second kappa shape index (κ2) is 10.7. The van der Waals surface area contributed by atoms with E-state index >= 15 is 0 Å². The minimum atomic E-state index is -1.09. The average molecular weight is 262 g/mol. The zero-order valence-corrected chi connectivity index (χ0v) is 11.9. The topological polar surface area (TPSA) is 69.9 Å². The molecule has 0 aliphatic carbocycles. The molecule has 0 amide bonds. The Hall–Kier alpha value is -0.160. The number of aliphatic hydroxyl groups is 3. The fourth-order valence-electron chi connectivity index (χ4n) is 1.86. The predicted molar refractivity (Wildman–Crippen MR) is 72.2 cm³/mol. The van der Waals surface area contributed by atoms with E-state index < -0.39 is 11.7 Å². The molecular weight excluding hydrogens is 232 g/mol. The molecule has 0 fully saturated rings. The maximum absolute atomic E-state index is 9.86. The van der Waals surface area contributed by atoms with Crippen LogP contribution in [-0.2, 0) is 4.74 Å². The minimum absolute atomic E-state index is 0.266. The predicted octanol–water partition coefficient (Wildman–Crippen LogP) is 2.06. The summed E-state index contributed by atoms with van der Waals surface area (Å²) in [6.45, 7) is 3.96. The normalized spacial score (nSPS) is 13.8. The molecule has 0 aromatic carbocycles. The number of hydrogen-bond donors (Lipinski definition) is 3. The van der Waals surface area contributed by atoms with Crippen molar-refractivity contribution in [3.8, 4) is 0 Å². The molecule has 0 radical (unpaired) electrons. The van der Waals surface area contributed by atoms with Gasteiger partial charge in [0.25, 0.3) is 0 Å². The van der Waals surface area contributed by atoms with Gasteiger partial charge in [0.05, 0.1) is 18.6 Å². The van der Waals surface area contributed by atoms with Gasteiger partial charge in [0.15, 0.2) is 6.29 Å². The van der Waals surface area contributed by atoms with Gasteiger partial charge in [-0.1, -0.05) is 46.0 Å². The maximum atomic E-state index is 9.86. The highest BCUT2D eigenvalue weighted by atomic mass is 16.6. The first kappa shape index (κ1) is 17.8. The molecule has 0 aromatic heterocycles. The largest absolute Gasteiger partial charge is 0.396 e. The van der Waals surface area contributed by atoms with Crippen LogP contribution in [0, 0.1) is 5.41 Å². The highest BCUT2D eigenvalue weighted by Crippen LogP contribution is 2.26. The summed E-state index contributed by atoms with van der Waals surface area (Å²) in [5, 5.41) is 28.4. The van der Waals surface area contributed by atoms with Gasteiger partial charge in [0.2, 0.25) is 0 Å². The van der Waals surface area contributed by atoms with Gasteiger partial charge in [-0.3, -0.25) is 0 Å². The second-order valence-electron chi connectivity index (χ2n) is 5.02. The summed E-state index contributed by atoms with van der Waals surface area (Å²) in [7, 11) is 0. The smallest absolute Gasteiger partial charge is 0.164 e.